The van der Waals surface area contributed by atoms with Crippen molar-refractivity contribution in [3.05, 3.63) is 26.9 Å². The van der Waals surface area contributed by atoms with Gasteiger partial charge in [0.25, 0.3) is 0 Å². The van der Waals surface area contributed by atoms with Gasteiger partial charge in [-0.05, 0) is 37.6 Å². The molecule has 3 nitrogen and oxygen atoms in total. The van der Waals surface area contributed by atoms with Gasteiger partial charge in [0.2, 0.25) is 5.28 Å². The lowest BCUT2D eigenvalue weighted by Crippen LogP contribution is -2.12. The molecule has 0 fully saturated rings. The van der Waals surface area contributed by atoms with Gasteiger partial charge in [0.05, 0.1) is 10.5 Å². The zero-order valence-electron chi connectivity index (χ0n) is 9.26. The van der Waals surface area contributed by atoms with E-state index in [0.717, 1.165) is 9.86 Å². The first-order valence-corrected chi connectivity index (χ1v) is 6.61. The second-order valence-corrected chi connectivity index (χ2v) is 5.58. The molecule has 1 aromatic carbocycles. The fourth-order valence-electron chi connectivity index (χ4n) is 1.51. The standard InChI is InChI=1S/C11H10BrCl2N3/c1-5(2)15-10-7-3-6(12)4-8(13)9(7)16-11(14)17-10/h3-5H,1-2H3,(H,15,16,17). The molecule has 0 aliphatic carbocycles. The zero-order valence-corrected chi connectivity index (χ0v) is 12.4. The lowest BCUT2D eigenvalue weighted by atomic mass is 10.2. The van der Waals surface area contributed by atoms with Crippen LogP contribution in [0.3, 0.4) is 0 Å². The molecule has 90 valence electrons. The summed E-state index contributed by atoms with van der Waals surface area (Å²) in [5.74, 6) is 0.693. The minimum atomic E-state index is 0.185. The fourth-order valence-corrected chi connectivity index (χ4v) is 2.53. The number of benzene rings is 1. The number of fused-ring (bicyclic) bond motifs is 1. The van der Waals surface area contributed by atoms with Crippen LogP contribution in [0.25, 0.3) is 10.9 Å². The van der Waals surface area contributed by atoms with Crippen LogP contribution < -0.4 is 5.32 Å². The molecular formula is C11H10BrCl2N3. The van der Waals surface area contributed by atoms with Crippen molar-refractivity contribution in [1.29, 1.82) is 0 Å². The second-order valence-electron chi connectivity index (χ2n) is 3.92. The number of halogens is 3. The normalized spacial score (nSPS) is 11.2. The summed E-state index contributed by atoms with van der Waals surface area (Å²) in [5, 5.41) is 4.81. The highest BCUT2D eigenvalue weighted by molar-refractivity contribution is 9.10. The van der Waals surface area contributed by atoms with E-state index in [0.29, 0.717) is 16.4 Å². The Kier molecular flexibility index (Phi) is 3.76. The summed E-state index contributed by atoms with van der Waals surface area (Å²) in [4.78, 5) is 8.33. The van der Waals surface area contributed by atoms with Crippen molar-refractivity contribution in [3.8, 4) is 0 Å². The van der Waals surface area contributed by atoms with Crippen LogP contribution >= 0.6 is 39.1 Å². The van der Waals surface area contributed by atoms with E-state index in [4.69, 9.17) is 23.2 Å². The molecule has 0 bridgehead atoms. The minimum Gasteiger partial charge on any atom is -0.367 e. The summed E-state index contributed by atoms with van der Waals surface area (Å²) < 4.78 is 0.882. The first-order chi connectivity index (χ1) is 7.97. The van der Waals surface area contributed by atoms with Gasteiger partial charge in [-0.2, -0.15) is 0 Å². The summed E-state index contributed by atoms with van der Waals surface area (Å²) in [6.45, 7) is 4.06. The van der Waals surface area contributed by atoms with Crippen LogP contribution in [0.4, 0.5) is 5.82 Å². The van der Waals surface area contributed by atoms with Gasteiger partial charge in [0.1, 0.15) is 5.82 Å². The van der Waals surface area contributed by atoms with Gasteiger partial charge < -0.3 is 5.32 Å². The van der Waals surface area contributed by atoms with Gasteiger partial charge in [-0.1, -0.05) is 27.5 Å². The molecule has 0 amide bonds. The molecule has 2 aromatic rings. The molecule has 0 radical (unpaired) electrons. The smallest absolute Gasteiger partial charge is 0.224 e. The maximum atomic E-state index is 6.14. The summed E-state index contributed by atoms with van der Waals surface area (Å²) in [5.41, 5.74) is 0.651. The Morgan fingerprint density at radius 1 is 1.24 bits per heavy atom. The largest absolute Gasteiger partial charge is 0.367 e. The van der Waals surface area contributed by atoms with Crippen LogP contribution in [-0.4, -0.2) is 16.0 Å². The first-order valence-electron chi connectivity index (χ1n) is 5.06. The lowest BCUT2D eigenvalue weighted by Gasteiger charge is -2.12. The molecule has 2 rings (SSSR count). The highest BCUT2D eigenvalue weighted by atomic mass is 79.9. The predicted octanol–water partition coefficient (Wildman–Crippen LogP) is 4.52. The highest BCUT2D eigenvalue weighted by Crippen LogP contribution is 2.31. The summed E-state index contributed by atoms with van der Waals surface area (Å²) in [7, 11) is 0. The van der Waals surface area contributed by atoms with E-state index in [1.165, 1.54) is 0 Å². The van der Waals surface area contributed by atoms with E-state index in [-0.39, 0.29) is 11.3 Å². The SMILES string of the molecule is CC(C)Nc1nc(Cl)nc2c(Cl)cc(Br)cc12. The third-order valence-electron chi connectivity index (χ3n) is 2.12. The van der Waals surface area contributed by atoms with Crippen LogP contribution in [-0.2, 0) is 0 Å². The number of aromatic nitrogens is 2. The molecule has 0 saturated heterocycles. The molecular weight excluding hydrogens is 325 g/mol. The highest BCUT2D eigenvalue weighted by Gasteiger charge is 2.11. The number of hydrogen-bond acceptors (Lipinski definition) is 3. The Morgan fingerprint density at radius 3 is 2.59 bits per heavy atom. The average molecular weight is 335 g/mol. The fraction of sp³-hybridized carbons (Fsp3) is 0.273. The topological polar surface area (TPSA) is 37.8 Å². The number of anilines is 1. The molecule has 0 unspecified atom stereocenters. The number of nitrogens with zero attached hydrogens (tertiary/aromatic N) is 2. The molecule has 0 saturated carbocycles. The number of nitrogens with one attached hydrogen (secondary N) is 1. The van der Waals surface area contributed by atoms with Gasteiger partial charge in [-0.15, -0.1) is 0 Å². The maximum absolute atomic E-state index is 6.14. The van der Waals surface area contributed by atoms with Crippen molar-refractivity contribution < 1.29 is 0 Å². The Labute approximate surface area is 118 Å². The third kappa shape index (κ3) is 2.81. The van der Waals surface area contributed by atoms with Crippen LogP contribution in [0.15, 0.2) is 16.6 Å². The second kappa shape index (κ2) is 4.96. The van der Waals surface area contributed by atoms with Crippen LogP contribution in [0.5, 0.6) is 0 Å². The van der Waals surface area contributed by atoms with Gasteiger partial charge in [-0.25, -0.2) is 9.97 Å². The minimum absolute atomic E-state index is 0.185. The molecule has 1 heterocycles. The summed E-state index contributed by atoms with van der Waals surface area (Å²) >= 11 is 15.4. The van der Waals surface area contributed by atoms with Crippen molar-refractivity contribution in [2.45, 2.75) is 19.9 Å². The van der Waals surface area contributed by atoms with E-state index in [1.54, 1.807) is 6.07 Å². The van der Waals surface area contributed by atoms with E-state index in [9.17, 15) is 0 Å². The van der Waals surface area contributed by atoms with Crippen molar-refractivity contribution >= 4 is 55.9 Å². The van der Waals surface area contributed by atoms with Crippen molar-refractivity contribution in [1.82, 2.24) is 9.97 Å². The van der Waals surface area contributed by atoms with Crippen molar-refractivity contribution in [2.24, 2.45) is 0 Å². The average Bonchev–Trinajstić information content (AvgIpc) is 2.19. The number of rotatable bonds is 2. The van der Waals surface area contributed by atoms with Crippen LogP contribution in [0, 0.1) is 0 Å². The monoisotopic (exact) mass is 333 g/mol. The van der Waals surface area contributed by atoms with Crippen molar-refractivity contribution in [2.75, 3.05) is 5.32 Å². The van der Waals surface area contributed by atoms with Gasteiger partial charge in [-0.3, -0.25) is 0 Å². The quantitative estimate of drug-likeness (QED) is 0.820. The Balaban J connectivity index is 2.73. The van der Waals surface area contributed by atoms with E-state index in [2.05, 4.69) is 31.2 Å². The maximum Gasteiger partial charge on any atom is 0.224 e. The summed E-state index contributed by atoms with van der Waals surface area (Å²) in [6, 6.07) is 3.95. The molecule has 17 heavy (non-hydrogen) atoms. The molecule has 0 aliphatic rings. The van der Waals surface area contributed by atoms with Gasteiger partial charge in [0.15, 0.2) is 0 Å². The van der Waals surface area contributed by atoms with E-state index in [1.807, 2.05) is 19.9 Å². The van der Waals surface area contributed by atoms with Gasteiger partial charge >= 0.3 is 0 Å². The molecule has 0 spiro atoms. The molecule has 1 N–H and O–H groups in total. The molecule has 0 aliphatic heterocycles. The Morgan fingerprint density at radius 2 is 1.94 bits per heavy atom. The molecule has 0 atom stereocenters. The third-order valence-corrected chi connectivity index (χ3v) is 3.03. The molecule has 6 heteroatoms. The first kappa shape index (κ1) is 12.9. The lowest BCUT2D eigenvalue weighted by molar-refractivity contribution is 0.890. The van der Waals surface area contributed by atoms with E-state index >= 15 is 0 Å². The van der Waals surface area contributed by atoms with Gasteiger partial charge in [0, 0.05) is 15.9 Å². The van der Waals surface area contributed by atoms with Crippen LogP contribution in [0.1, 0.15) is 13.8 Å². The van der Waals surface area contributed by atoms with E-state index < -0.39 is 0 Å². The van der Waals surface area contributed by atoms with Crippen LogP contribution in [0.2, 0.25) is 10.3 Å². The Hall–Kier alpha value is -0.580. The zero-order chi connectivity index (χ0) is 12.6. The predicted molar refractivity (Wildman–Crippen MR) is 76.0 cm³/mol. The summed E-state index contributed by atoms with van der Waals surface area (Å²) in [6.07, 6.45) is 0. The Bertz CT molecular complexity index is 572. The van der Waals surface area contributed by atoms with Crippen molar-refractivity contribution in [3.63, 3.8) is 0 Å². The number of hydrogen-bond donors (Lipinski definition) is 1. The molecule has 1 aromatic heterocycles.